The summed E-state index contributed by atoms with van der Waals surface area (Å²) in [6.07, 6.45) is 1.89. The average molecular weight is 394 g/mol. The number of benzene rings is 2. The highest BCUT2D eigenvalue weighted by atomic mass is 16.6. The number of phenolic OH excluding ortho intramolecular Hbond substituents is 1. The zero-order valence-corrected chi connectivity index (χ0v) is 16.0. The molecule has 1 aliphatic rings. The number of rotatable bonds is 4. The van der Waals surface area contributed by atoms with Crippen molar-refractivity contribution in [3.8, 4) is 5.75 Å². The minimum atomic E-state index is -0.571. The monoisotopic (exact) mass is 394 g/mol. The molecule has 8 nitrogen and oxygen atoms in total. The normalized spacial score (nSPS) is 16.1. The van der Waals surface area contributed by atoms with Crippen LogP contribution in [0.4, 0.5) is 5.69 Å². The van der Waals surface area contributed by atoms with Crippen LogP contribution < -0.4 is 0 Å². The number of fused-ring (bicyclic) bond motifs is 1. The lowest BCUT2D eigenvalue weighted by Crippen LogP contribution is -2.49. The molecule has 150 valence electrons. The van der Waals surface area contributed by atoms with E-state index in [2.05, 4.69) is 9.88 Å². The quantitative estimate of drug-likeness (QED) is 0.523. The molecule has 1 unspecified atom stereocenters. The molecular formula is C21H22N4O4. The Morgan fingerprint density at radius 2 is 1.83 bits per heavy atom. The first-order valence-electron chi connectivity index (χ1n) is 9.49. The Balaban J connectivity index is 1.82. The van der Waals surface area contributed by atoms with Crippen LogP contribution in [0.3, 0.4) is 0 Å². The summed E-state index contributed by atoms with van der Waals surface area (Å²) in [5, 5.41) is 23.1. The first-order chi connectivity index (χ1) is 14.0. The second-order valence-corrected chi connectivity index (χ2v) is 7.21. The summed E-state index contributed by atoms with van der Waals surface area (Å²) < 4.78 is 0. The number of aromatic hydroxyl groups is 1. The van der Waals surface area contributed by atoms with Crippen molar-refractivity contribution in [1.82, 2.24) is 14.8 Å². The number of nitro benzene ring substituents is 1. The van der Waals surface area contributed by atoms with E-state index < -0.39 is 4.92 Å². The van der Waals surface area contributed by atoms with Crippen LogP contribution in [0.1, 0.15) is 24.1 Å². The highest BCUT2D eigenvalue weighted by Crippen LogP contribution is 2.41. The molecule has 2 N–H and O–H groups in total. The summed E-state index contributed by atoms with van der Waals surface area (Å²) in [4.78, 5) is 29.7. The van der Waals surface area contributed by atoms with Crippen molar-refractivity contribution in [2.75, 3.05) is 26.2 Å². The molecule has 4 rings (SSSR count). The number of nitrogens with zero attached hydrogens (tertiary/aromatic N) is 3. The van der Waals surface area contributed by atoms with Crippen molar-refractivity contribution in [3.05, 3.63) is 69.9 Å². The van der Waals surface area contributed by atoms with E-state index in [1.165, 1.54) is 6.07 Å². The number of hydrogen-bond acceptors (Lipinski definition) is 5. The average Bonchev–Trinajstić information content (AvgIpc) is 3.13. The van der Waals surface area contributed by atoms with Gasteiger partial charge < -0.3 is 15.0 Å². The van der Waals surface area contributed by atoms with Gasteiger partial charge in [-0.25, -0.2) is 0 Å². The van der Waals surface area contributed by atoms with Gasteiger partial charge in [0.05, 0.1) is 11.0 Å². The second kappa shape index (κ2) is 7.56. The molecule has 1 saturated heterocycles. The number of carbonyl (C=O) groups is 1. The summed E-state index contributed by atoms with van der Waals surface area (Å²) in [5.74, 6) is -0.284. The predicted molar refractivity (Wildman–Crippen MR) is 109 cm³/mol. The zero-order chi connectivity index (χ0) is 20.5. The smallest absolute Gasteiger partial charge is 0.311 e. The number of nitrogens with one attached hydrogen (secondary N) is 1. The van der Waals surface area contributed by atoms with Crippen LogP contribution in [-0.4, -0.2) is 56.9 Å². The summed E-state index contributed by atoms with van der Waals surface area (Å²) >= 11 is 0. The highest BCUT2D eigenvalue weighted by Gasteiger charge is 2.32. The van der Waals surface area contributed by atoms with Gasteiger partial charge in [0.1, 0.15) is 0 Å². The fourth-order valence-corrected chi connectivity index (χ4v) is 4.09. The molecule has 0 spiro atoms. The van der Waals surface area contributed by atoms with E-state index >= 15 is 0 Å². The van der Waals surface area contributed by atoms with Gasteiger partial charge in [-0.3, -0.25) is 19.8 Å². The number of hydrogen-bond donors (Lipinski definition) is 2. The highest BCUT2D eigenvalue weighted by molar-refractivity contribution is 5.84. The number of carbonyl (C=O) groups excluding carboxylic acids is 1. The standard InChI is InChI=1S/C21H22N4O4/c1-14(26)23-9-11-24(12-10-23)20(16-6-4-8-19(21(16)27)25(28)29)17-13-22-18-7-3-2-5-15(17)18/h2-8,13,20,22,27H,9-12H2,1H3. The van der Waals surface area contributed by atoms with E-state index in [1.807, 2.05) is 30.5 Å². The number of phenols is 1. The minimum Gasteiger partial charge on any atom is -0.502 e. The lowest BCUT2D eigenvalue weighted by atomic mass is 9.94. The Hall–Kier alpha value is -3.39. The van der Waals surface area contributed by atoms with E-state index in [-0.39, 0.29) is 23.4 Å². The second-order valence-electron chi connectivity index (χ2n) is 7.21. The van der Waals surface area contributed by atoms with Gasteiger partial charge in [0.2, 0.25) is 5.91 Å². The largest absolute Gasteiger partial charge is 0.502 e. The third-order valence-electron chi connectivity index (χ3n) is 5.58. The van der Waals surface area contributed by atoms with E-state index in [9.17, 15) is 20.0 Å². The van der Waals surface area contributed by atoms with E-state index in [4.69, 9.17) is 0 Å². The lowest BCUT2D eigenvalue weighted by Gasteiger charge is -2.39. The molecule has 1 atom stereocenters. The van der Waals surface area contributed by atoms with Gasteiger partial charge in [-0.2, -0.15) is 0 Å². The number of para-hydroxylation sites is 2. The molecule has 2 heterocycles. The molecule has 0 radical (unpaired) electrons. The summed E-state index contributed by atoms with van der Waals surface area (Å²) in [7, 11) is 0. The minimum absolute atomic E-state index is 0.0338. The van der Waals surface area contributed by atoms with Crippen LogP contribution in [0.25, 0.3) is 10.9 Å². The van der Waals surface area contributed by atoms with Gasteiger partial charge in [0.15, 0.2) is 5.75 Å². The van der Waals surface area contributed by atoms with Crippen molar-refractivity contribution in [2.24, 2.45) is 0 Å². The van der Waals surface area contributed by atoms with E-state index in [0.717, 1.165) is 16.5 Å². The Kier molecular flexibility index (Phi) is 4.94. The van der Waals surface area contributed by atoms with Gasteiger partial charge in [-0.15, -0.1) is 0 Å². The molecule has 8 heteroatoms. The van der Waals surface area contributed by atoms with E-state index in [0.29, 0.717) is 31.7 Å². The summed E-state index contributed by atoms with van der Waals surface area (Å²) in [6, 6.07) is 12.1. The van der Waals surface area contributed by atoms with E-state index in [1.54, 1.807) is 24.0 Å². The number of aromatic amines is 1. The maximum Gasteiger partial charge on any atom is 0.311 e. The fraction of sp³-hybridized carbons (Fsp3) is 0.286. The topological polar surface area (TPSA) is 103 Å². The maximum absolute atomic E-state index is 11.7. The van der Waals surface area contributed by atoms with Crippen molar-refractivity contribution >= 4 is 22.5 Å². The summed E-state index contributed by atoms with van der Waals surface area (Å²) in [6.45, 7) is 3.91. The Morgan fingerprint density at radius 3 is 2.52 bits per heavy atom. The van der Waals surface area contributed by atoms with Crippen molar-refractivity contribution in [3.63, 3.8) is 0 Å². The van der Waals surface area contributed by atoms with Crippen LogP contribution in [0.2, 0.25) is 0 Å². The zero-order valence-electron chi connectivity index (χ0n) is 16.0. The third-order valence-corrected chi connectivity index (χ3v) is 5.58. The molecule has 29 heavy (non-hydrogen) atoms. The fourth-order valence-electron chi connectivity index (χ4n) is 4.09. The third kappa shape index (κ3) is 3.42. The molecule has 3 aromatic rings. The number of nitro groups is 1. The lowest BCUT2D eigenvalue weighted by molar-refractivity contribution is -0.386. The van der Waals surface area contributed by atoms with Gasteiger partial charge in [0, 0.05) is 61.8 Å². The Labute approximate surface area is 167 Å². The van der Waals surface area contributed by atoms with Crippen molar-refractivity contribution in [2.45, 2.75) is 13.0 Å². The SMILES string of the molecule is CC(=O)N1CCN(C(c2cccc([N+](=O)[O-])c2O)c2c[nH]c3ccccc23)CC1. The summed E-state index contributed by atoms with van der Waals surface area (Å²) in [5.41, 5.74) is 2.07. The van der Waals surface area contributed by atoms with Crippen LogP contribution in [-0.2, 0) is 4.79 Å². The number of amides is 1. The predicted octanol–water partition coefficient (Wildman–Crippen LogP) is 3.04. The van der Waals surface area contributed by atoms with Gasteiger partial charge >= 0.3 is 5.69 Å². The number of H-pyrrole nitrogens is 1. The molecule has 1 amide bonds. The van der Waals surface area contributed by atoms with Gasteiger partial charge in [0.25, 0.3) is 0 Å². The maximum atomic E-state index is 11.7. The van der Waals surface area contributed by atoms with Crippen LogP contribution in [0.15, 0.2) is 48.7 Å². The number of piperazine rings is 1. The molecular weight excluding hydrogens is 372 g/mol. The van der Waals surface area contributed by atoms with Gasteiger partial charge in [-0.05, 0) is 11.6 Å². The molecule has 1 fully saturated rings. The number of aromatic nitrogens is 1. The molecule has 0 aliphatic carbocycles. The first-order valence-corrected chi connectivity index (χ1v) is 9.49. The van der Waals surface area contributed by atoms with Crippen LogP contribution >= 0.6 is 0 Å². The van der Waals surface area contributed by atoms with Gasteiger partial charge in [-0.1, -0.05) is 30.3 Å². The molecule has 1 aliphatic heterocycles. The van der Waals surface area contributed by atoms with Crippen LogP contribution in [0.5, 0.6) is 5.75 Å². The molecule has 0 saturated carbocycles. The first kappa shape index (κ1) is 18.9. The van der Waals surface area contributed by atoms with Crippen molar-refractivity contribution < 1.29 is 14.8 Å². The molecule has 1 aromatic heterocycles. The van der Waals surface area contributed by atoms with Crippen molar-refractivity contribution in [1.29, 1.82) is 0 Å². The Bertz CT molecular complexity index is 1070. The van der Waals surface area contributed by atoms with Crippen LogP contribution in [0, 0.1) is 10.1 Å². The molecule has 0 bridgehead atoms. The Morgan fingerprint density at radius 1 is 1.10 bits per heavy atom. The molecule has 2 aromatic carbocycles.